The van der Waals surface area contributed by atoms with E-state index in [0.717, 1.165) is 5.56 Å². The number of nitrogens with one attached hydrogen (secondary N) is 2. The molecule has 8 nitrogen and oxygen atoms in total. The molecule has 0 aliphatic rings. The number of hydrogen-bond acceptors (Lipinski definition) is 5. The van der Waals surface area contributed by atoms with Crippen LogP contribution in [0.15, 0.2) is 42.5 Å². The van der Waals surface area contributed by atoms with Crippen LogP contribution >= 0.6 is 0 Å². The Morgan fingerprint density at radius 1 is 1.03 bits per heavy atom. The molecule has 0 aliphatic carbocycles. The molecule has 0 bridgehead atoms. The lowest BCUT2D eigenvalue weighted by molar-refractivity contribution is -0.140. The molecule has 1 atom stereocenters. The molecule has 2 aromatic rings. The third-order valence-electron chi connectivity index (χ3n) is 5.09. The van der Waals surface area contributed by atoms with Crippen LogP contribution in [0.3, 0.4) is 0 Å². The zero-order valence-electron chi connectivity index (χ0n) is 20.9. The van der Waals surface area contributed by atoms with Crippen molar-refractivity contribution in [3.05, 3.63) is 59.2 Å². The molecule has 2 aromatic carbocycles. The van der Waals surface area contributed by atoms with Crippen molar-refractivity contribution in [2.75, 3.05) is 11.9 Å². The van der Waals surface area contributed by atoms with Crippen LogP contribution in [0.25, 0.3) is 0 Å². The van der Waals surface area contributed by atoms with Crippen LogP contribution in [0.2, 0.25) is 0 Å². The first kappa shape index (κ1) is 26.7. The summed E-state index contributed by atoms with van der Waals surface area (Å²) in [5, 5.41) is 15.4. The Bertz CT molecular complexity index is 1040. The number of aryl methyl sites for hydroxylation is 2. The molecule has 2 rings (SSSR count). The van der Waals surface area contributed by atoms with E-state index in [-0.39, 0.29) is 18.3 Å². The van der Waals surface area contributed by atoms with E-state index < -0.39 is 29.6 Å². The van der Waals surface area contributed by atoms with Crippen molar-refractivity contribution in [1.29, 1.82) is 0 Å². The molecule has 0 fully saturated rings. The quantitative estimate of drug-likeness (QED) is 0.555. The average molecular weight is 470 g/mol. The highest BCUT2D eigenvalue weighted by Gasteiger charge is 2.34. The van der Waals surface area contributed by atoms with Crippen molar-refractivity contribution >= 4 is 23.6 Å². The van der Waals surface area contributed by atoms with Crippen LogP contribution < -0.4 is 10.6 Å². The van der Waals surface area contributed by atoms with Gasteiger partial charge in [0.2, 0.25) is 5.91 Å². The zero-order valence-corrected chi connectivity index (χ0v) is 20.9. The van der Waals surface area contributed by atoms with Crippen LogP contribution in [0.1, 0.15) is 57.4 Å². The number of nitrogens with zero attached hydrogens (tertiary/aromatic N) is 1. The van der Waals surface area contributed by atoms with Gasteiger partial charge in [-0.3, -0.25) is 9.59 Å². The minimum atomic E-state index is -0.994. The molecule has 0 spiro atoms. The molecule has 0 heterocycles. The number of rotatable bonds is 7. The number of para-hydroxylation sites is 1. The van der Waals surface area contributed by atoms with E-state index in [4.69, 9.17) is 4.74 Å². The maximum Gasteiger partial charge on any atom is 0.408 e. The summed E-state index contributed by atoms with van der Waals surface area (Å²) in [6, 6.07) is 10.8. The molecule has 184 valence electrons. The predicted octanol–water partition coefficient (Wildman–Crippen LogP) is 4.45. The topological polar surface area (TPSA) is 108 Å². The van der Waals surface area contributed by atoms with E-state index in [1.807, 2.05) is 25.1 Å². The number of carbonyl (C=O) groups excluding carboxylic acids is 3. The van der Waals surface area contributed by atoms with Gasteiger partial charge >= 0.3 is 6.09 Å². The second kappa shape index (κ2) is 11.0. The molecule has 0 aromatic heterocycles. The Labute approximate surface area is 201 Å². The molecular formula is C26H35N3O5. The van der Waals surface area contributed by atoms with Gasteiger partial charge in [0.1, 0.15) is 23.9 Å². The highest BCUT2D eigenvalue weighted by molar-refractivity contribution is 5.99. The van der Waals surface area contributed by atoms with Gasteiger partial charge < -0.3 is 25.4 Å². The van der Waals surface area contributed by atoms with E-state index in [2.05, 4.69) is 10.6 Å². The lowest BCUT2D eigenvalue weighted by atomic mass is 9.99. The molecule has 1 unspecified atom stereocenters. The Morgan fingerprint density at radius 2 is 1.68 bits per heavy atom. The summed E-state index contributed by atoms with van der Waals surface area (Å²) >= 11 is 0. The predicted molar refractivity (Wildman–Crippen MR) is 132 cm³/mol. The Hall–Kier alpha value is -3.55. The summed E-state index contributed by atoms with van der Waals surface area (Å²) in [6.45, 7) is 12.1. The van der Waals surface area contributed by atoms with E-state index in [1.54, 1.807) is 59.7 Å². The number of anilines is 1. The van der Waals surface area contributed by atoms with Crippen molar-refractivity contribution in [1.82, 2.24) is 10.2 Å². The van der Waals surface area contributed by atoms with Crippen LogP contribution in [-0.2, 0) is 14.3 Å². The third-order valence-corrected chi connectivity index (χ3v) is 5.09. The van der Waals surface area contributed by atoms with Gasteiger partial charge in [-0.15, -0.1) is 0 Å². The molecule has 0 radical (unpaired) electrons. The molecule has 3 amide bonds. The van der Waals surface area contributed by atoms with Gasteiger partial charge in [-0.25, -0.2) is 4.79 Å². The number of benzene rings is 2. The second-order valence-electron chi connectivity index (χ2n) is 9.50. The number of hydrogen-bond donors (Lipinski definition) is 3. The average Bonchev–Trinajstić information content (AvgIpc) is 2.72. The third kappa shape index (κ3) is 7.23. The Morgan fingerprint density at radius 3 is 2.24 bits per heavy atom. The van der Waals surface area contributed by atoms with Gasteiger partial charge in [-0.05, 0) is 83.4 Å². The largest absolute Gasteiger partial charge is 0.508 e. The van der Waals surface area contributed by atoms with Gasteiger partial charge in [0.25, 0.3) is 5.91 Å². The molecule has 8 heteroatoms. The molecule has 0 saturated heterocycles. The zero-order chi connectivity index (χ0) is 25.6. The van der Waals surface area contributed by atoms with Crippen molar-refractivity contribution in [2.45, 2.75) is 66.2 Å². The van der Waals surface area contributed by atoms with Crippen LogP contribution in [-0.4, -0.2) is 46.1 Å². The number of phenols is 1. The molecule has 3 N–H and O–H groups in total. The summed E-state index contributed by atoms with van der Waals surface area (Å²) in [5.74, 6) is -0.758. The number of phenolic OH excluding ortho intramolecular Hbond substituents is 1. The number of ether oxygens (including phenoxy) is 1. The van der Waals surface area contributed by atoms with Crippen molar-refractivity contribution in [3.63, 3.8) is 0 Å². The number of amides is 3. The van der Waals surface area contributed by atoms with Crippen molar-refractivity contribution in [2.24, 2.45) is 0 Å². The highest BCUT2D eigenvalue weighted by atomic mass is 16.6. The first-order valence-electron chi connectivity index (χ1n) is 11.2. The van der Waals surface area contributed by atoms with E-state index in [0.29, 0.717) is 16.8 Å². The first-order chi connectivity index (χ1) is 15.8. The molecule has 0 saturated carbocycles. The minimum Gasteiger partial charge on any atom is -0.508 e. The Balaban J connectivity index is 2.39. The van der Waals surface area contributed by atoms with E-state index in [1.165, 1.54) is 11.0 Å². The molecular weight excluding hydrogens is 434 g/mol. The monoisotopic (exact) mass is 469 g/mol. The highest BCUT2D eigenvalue weighted by Crippen LogP contribution is 2.29. The lowest BCUT2D eigenvalue weighted by Gasteiger charge is -2.35. The minimum absolute atomic E-state index is 0.0934. The fourth-order valence-corrected chi connectivity index (χ4v) is 3.48. The van der Waals surface area contributed by atoms with Gasteiger partial charge in [0.15, 0.2) is 0 Å². The number of carbonyl (C=O) groups is 3. The van der Waals surface area contributed by atoms with E-state index >= 15 is 0 Å². The number of alkyl carbamates (subject to hydrolysis) is 1. The molecule has 0 aliphatic heterocycles. The SMILES string of the molecule is Cc1cc(C(C(=O)Nc2ccccc2C)N(C(=O)CNC(=O)OC(C)(C)C)C(C)C)ccc1O. The standard InChI is InChI=1S/C26H35N3O5/c1-16(2)29(22(31)15-27-25(33)34-26(5,6)7)23(19-12-13-21(30)18(4)14-19)24(32)28-20-11-9-8-10-17(20)3/h8-14,16,23,30H,15H2,1-7H3,(H,27,33)(H,28,32). The van der Waals surface area contributed by atoms with Gasteiger partial charge in [-0.2, -0.15) is 0 Å². The van der Waals surface area contributed by atoms with E-state index in [9.17, 15) is 19.5 Å². The second-order valence-corrected chi connectivity index (χ2v) is 9.50. The Kier molecular flexibility index (Phi) is 8.68. The van der Waals surface area contributed by atoms with Crippen molar-refractivity contribution in [3.8, 4) is 5.75 Å². The summed E-state index contributed by atoms with van der Waals surface area (Å²) in [4.78, 5) is 40.3. The lowest BCUT2D eigenvalue weighted by Crippen LogP contribution is -2.49. The smallest absolute Gasteiger partial charge is 0.408 e. The maximum atomic E-state index is 13.6. The van der Waals surface area contributed by atoms with Crippen LogP contribution in [0.5, 0.6) is 5.75 Å². The normalized spacial score (nSPS) is 12.1. The summed E-state index contributed by atoms with van der Waals surface area (Å²) in [7, 11) is 0. The maximum absolute atomic E-state index is 13.6. The van der Waals surface area contributed by atoms with Gasteiger partial charge in [0.05, 0.1) is 0 Å². The summed E-state index contributed by atoms with van der Waals surface area (Å²) in [5.41, 5.74) is 1.93. The fraction of sp³-hybridized carbons (Fsp3) is 0.423. The van der Waals surface area contributed by atoms with Gasteiger partial charge in [-0.1, -0.05) is 24.3 Å². The first-order valence-corrected chi connectivity index (χ1v) is 11.2. The molecule has 34 heavy (non-hydrogen) atoms. The summed E-state index contributed by atoms with van der Waals surface area (Å²) in [6.07, 6.45) is -0.717. The number of aromatic hydroxyl groups is 1. The van der Waals surface area contributed by atoms with Crippen molar-refractivity contribution < 1.29 is 24.2 Å². The van der Waals surface area contributed by atoms with Crippen LogP contribution in [0, 0.1) is 13.8 Å². The summed E-state index contributed by atoms with van der Waals surface area (Å²) < 4.78 is 5.21. The fourth-order valence-electron chi connectivity index (χ4n) is 3.48. The van der Waals surface area contributed by atoms with Crippen LogP contribution in [0.4, 0.5) is 10.5 Å². The van der Waals surface area contributed by atoms with Gasteiger partial charge in [0, 0.05) is 11.7 Å².